The Hall–Kier alpha value is -2.25. The summed E-state index contributed by atoms with van der Waals surface area (Å²) in [4.78, 5) is 24.0. The molecule has 0 aromatic heterocycles. The van der Waals surface area contributed by atoms with Gasteiger partial charge >= 0.3 is 0 Å². The zero-order chi connectivity index (χ0) is 15.0. The Morgan fingerprint density at radius 2 is 1.76 bits per heavy atom. The van der Waals surface area contributed by atoms with E-state index in [4.69, 9.17) is 0 Å². The Balaban J connectivity index is 2.04. The van der Waals surface area contributed by atoms with E-state index in [9.17, 15) is 18.0 Å². The Labute approximate surface area is 122 Å². The topological polar surface area (TPSA) is 80.8 Å². The number of fused-ring (bicyclic) bond motifs is 1. The molecule has 1 heterocycles. The summed E-state index contributed by atoms with van der Waals surface area (Å²) in [6, 6.07) is 13.0. The average molecular weight is 305 g/mol. The van der Waals surface area contributed by atoms with Crippen molar-refractivity contribution in [2.75, 3.05) is 0 Å². The van der Waals surface area contributed by atoms with Gasteiger partial charge in [0.05, 0.1) is 5.92 Å². The molecule has 0 N–H and O–H groups in total. The van der Waals surface area contributed by atoms with Crippen molar-refractivity contribution in [1.82, 2.24) is 5.06 Å². The third kappa shape index (κ3) is 2.41. The minimum Gasteiger partial charge on any atom is -0.272 e. The van der Waals surface area contributed by atoms with E-state index in [0.29, 0.717) is 10.6 Å². The molecular formula is C14H11NO5S. The summed E-state index contributed by atoms with van der Waals surface area (Å²) in [7, 11) is -3.30. The maximum Gasteiger partial charge on any atom is 0.278 e. The third-order valence-electron chi connectivity index (χ3n) is 3.45. The van der Waals surface area contributed by atoms with Crippen molar-refractivity contribution in [2.45, 2.75) is 12.3 Å². The van der Waals surface area contributed by atoms with E-state index < -0.39 is 28.7 Å². The lowest BCUT2D eigenvalue weighted by Crippen LogP contribution is -2.30. The van der Waals surface area contributed by atoms with Gasteiger partial charge in [-0.05, 0) is 16.3 Å². The van der Waals surface area contributed by atoms with Crippen molar-refractivity contribution >= 4 is 33.6 Å². The van der Waals surface area contributed by atoms with Gasteiger partial charge in [-0.1, -0.05) is 42.5 Å². The Kier molecular flexibility index (Phi) is 3.44. The summed E-state index contributed by atoms with van der Waals surface area (Å²) < 4.78 is 25.4. The van der Waals surface area contributed by atoms with Gasteiger partial charge in [0, 0.05) is 6.42 Å². The first kappa shape index (κ1) is 13.7. The van der Waals surface area contributed by atoms with Crippen LogP contribution in [0, 0.1) is 0 Å². The minimum absolute atomic E-state index is 0.101. The molecule has 2 aromatic rings. The van der Waals surface area contributed by atoms with E-state index in [1.54, 1.807) is 12.1 Å². The first-order valence-corrected chi connectivity index (χ1v) is 7.34. The van der Waals surface area contributed by atoms with Crippen LogP contribution in [0.25, 0.3) is 10.8 Å². The molecule has 1 atom stereocenters. The molecule has 1 aliphatic rings. The Morgan fingerprint density at radius 3 is 2.52 bits per heavy atom. The number of benzene rings is 2. The SMILES string of the molecule is O=C1CC(c2cccc3ccccc23)C(=O)N1O[SH](=O)=O. The van der Waals surface area contributed by atoms with Crippen molar-refractivity contribution in [3.05, 3.63) is 48.0 Å². The van der Waals surface area contributed by atoms with Crippen LogP contribution in [0.4, 0.5) is 0 Å². The normalized spacial score (nSPS) is 18.9. The lowest BCUT2D eigenvalue weighted by atomic mass is 9.92. The van der Waals surface area contributed by atoms with Crippen molar-refractivity contribution in [3.63, 3.8) is 0 Å². The van der Waals surface area contributed by atoms with Crippen LogP contribution < -0.4 is 0 Å². The van der Waals surface area contributed by atoms with Crippen molar-refractivity contribution in [3.8, 4) is 0 Å². The highest BCUT2D eigenvalue weighted by Gasteiger charge is 2.42. The molecule has 6 nitrogen and oxygen atoms in total. The molecule has 0 saturated carbocycles. The van der Waals surface area contributed by atoms with E-state index in [1.165, 1.54) is 0 Å². The second-order valence-electron chi connectivity index (χ2n) is 4.66. The quantitative estimate of drug-likeness (QED) is 0.679. The molecule has 108 valence electrons. The zero-order valence-electron chi connectivity index (χ0n) is 10.8. The van der Waals surface area contributed by atoms with E-state index in [0.717, 1.165) is 10.8 Å². The zero-order valence-corrected chi connectivity index (χ0v) is 11.7. The average Bonchev–Trinajstić information content (AvgIpc) is 2.74. The van der Waals surface area contributed by atoms with E-state index in [1.807, 2.05) is 30.3 Å². The molecule has 1 saturated heterocycles. The molecule has 1 unspecified atom stereocenters. The number of carbonyl (C=O) groups excluding carboxylic acids is 2. The molecule has 1 fully saturated rings. The predicted molar refractivity (Wildman–Crippen MR) is 74.6 cm³/mol. The number of hydroxylamine groups is 2. The fourth-order valence-electron chi connectivity index (χ4n) is 2.56. The summed E-state index contributed by atoms with van der Waals surface area (Å²) in [5, 5.41) is 2.14. The molecule has 0 bridgehead atoms. The largest absolute Gasteiger partial charge is 0.278 e. The highest BCUT2D eigenvalue weighted by molar-refractivity contribution is 7.67. The second kappa shape index (κ2) is 5.27. The fourth-order valence-corrected chi connectivity index (χ4v) is 2.86. The first-order chi connectivity index (χ1) is 10.1. The van der Waals surface area contributed by atoms with Crippen LogP contribution in [0.5, 0.6) is 0 Å². The van der Waals surface area contributed by atoms with Crippen LogP contribution in [0.2, 0.25) is 0 Å². The summed E-state index contributed by atoms with van der Waals surface area (Å²) >= 11 is 0. The van der Waals surface area contributed by atoms with Gasteiger partial charge in [0.25, 0.3) is 22.8 Å². The number of rotatable bonds is 3. The van der Waals surface area contributed by atoms with Gasteiger partial charge in [0.2, 0.25) is 0 Å². The molecule has 0 aliphatic carbocycles. The van der Waals surface area contributed by atoms with Gasteiger partial charge in [-0.25, -0.2) is 8.42 Å². The van der Waals surface area contributed by atoms with E-state index in [2.05, 4.69) is 4.28 Å². The molecule has 0 spiro atoms. The maximum atomic E-state index is 12.2. The predicted octanol–water partition coefficient (Wildman–Crippen LogP) is 1.14. The second-order valence-corrected chi connectivity index (χ2v) is 5.27. The number of thiol groups is 1. The third-order valence-corrected chi connectivity index (χ3v) is 3.75. The van der Waals surface area contributed by atoms with Crippen molar-refractivity contribution in [2.24, 2.45) is 0 Å². The lowest BCUT2D eigenvalue weighted by molar-refractivity contribution is -0.163. The van der Waals surface area contributed by atoms with Gasteiger partial charge in [-0.15, -0.1) is 9.35 Å². The van der Waals surface area contributed by atoms with Gasteiger partial charge in [0.15, 0.2) is 0 Å². The summed E-state index contributed by atoms with van der Waals surface area (Å²) in [6.07, 6.45) is -0.101. The minimum atomic E-state index is -3.30. The van der Waals surface area contributed by atoms with Crippen LogP contribution >= 0.6 is 0 Å². The van der Waals surface area contributed by atoms with Crippen molar-refractivity contribution in [1.29, 1.82) is 0 Å². The van der Waals surface area contributed by atoms with Crippen LogP contribution in [0.1, 0.15) is 17.9 Å². The van der Waals surface area contributed by atoms with Crippen molar-refractivity contribution < 1.29 is 22.3 Å². The number of nitrogens with zero attached hydrogens (tertiary/aromatic N) is 1. The molecule has 1 aliphatic heterocycles. The van der Waals surface area contributed by atoms with Crippen LogP contribution in [0.15, 0.2) is 42.5 Å². The summed E-state index contributed by atoms with van der Waals surface area (Å²) in [6.45, 7) is 0. The van der Waals surface area contributed by atoms with Crippen LogP contribution in [-0.2, 0) is 24.9 Å². The first-order valence-electron chi connectivity index (χ1n) is 6.25. The van der Waals surface area contributed by atoms with Crippen LogP contribution in [-0.4, -0.2) is 25.3 Å². The van der Waals surface area contributed by atoms with E-state index in [-0.39, 0.29) is 6.42 Å². The molecular weight excluding hydrogens is 294 g/mol. The molecule has 3 rings (SSSR count). The molecule has 21 heavy (non-hydrogen) atoms. The highest BCUT2D eigenvalue weighted by Crippen LogP contribution is 2.34. The molecule has 2 amide bonds. The monoisotopic (exact) mass is 305 g/mol. The van der Waals surface area contributed by atoms with Gasteiger partial charge in [-0.2, -0.15) is 0 Å². The Bertz CT molecular complexity index is 801. The number of amides is 2. The number of hydrogen-bond acceptors (Lipinski definition) is 5. The smallest absolute Gasteiger partial charge is 0.272 e. The molecule has 0 radical (unpaired) electrons. The maximum absolute atomic E-state index is 12.2. The summed E-state index contributed by atoms with van der Waals surface area (Å²) in [5.41, 5.74) is 0.693. The number of carbonyl (C=O) groups is 2. The van der Waals surface area contributed by atoms with E-state index >= 15 is 0 Å². The lowest BCUT2D eigenvalue weighted by Gasteiger charge is -2.12. The number of imide groups is 1. The van der Waals surface area contributed by atoms with Gasteiger partial charge in [-0.3, -0.25) is 9.59 Å². The fraction of sp³-hybridized carbons (Fsp3) is 0.143. The summed E-state index contributed by atoms with van der Waals surface area (Å²) in [5.74, 6) is -2.04. The highest BCUT2D eigenvalue weighted by atomic mass is 32.2. The Morgan fingerprint density at radius 1 is 1.05 bits per heavy atom. The number of hydrogen-bond donors (Lipinski definition) is 1. The van der Waals surface area contributed by atoms with Gasteiger partial charge < -0.3 is 0 Å². The standard InChI is InChI=1S/C14H11NO5S/c16-13-8-12(14(17)15(13)20-21(18)19)11-7-3-5-9-4-1-2-6-10(9)11/h1-7,12,21H,8H2. The van der Waals surface area contributed by atoms with Crippen LogP contribution in [0.3, 0.4) is 0 Å². The molecule has 2 aromatic carbocycles. The van der Waals surface area contributed by atoms with Gasteiger partial charge in [0.1, 0.15) is 0 Å². The molecule has 7 heteroatoms.